The largest absolute Gasteiger partial charge is 0.481 e. The normalized spacial score (nSPS) is 11.5. The van der Waals surface area contributed by atoms with Crippen LogP contribution in [-0.2, 0) is 11.3 Å². The molecule has 3 N–H and O–H groups in total. The molecule has 0 saturated heterocycles. The molecule has 7 heteroatoms. The Balaban J connectivity index is 2.42. The highest BCUT2D eigenvalue weighted by atomic mass is 16.5. The highest BCUT2D eigenvalue weighted by Crippen LogP contribution is 2.06. The molecule has 0 aliphatic heterocycles. The first kappa shape index (κ1) is 16.7. The topological polar surface area (TPSA) is 101 Å². The van der Waals surface area contributed by atoms with E-state index in [0.29, 0.717) is 12.3 Å². The van der Waals surface area contributed by atoms with E-state index < -0.39 is 18.0 Å². The Bertz CT molecular complexity index is 462. The summed E-state index contributed by atoms with van der Waals surface area (Å²) < 4.78 is 4.94. The Labute approximate surface area is 123 Å². The van der Waals surface area contributed by atoms with Crippen molar-refractivity contribution in [2.75, 3.05) is 7.11 Å². The third kappa shape index (κ3) is 6.11. The van der Waals surface area contributed by atoms with E-state index in [-0.39, 0.29) is 6.54 Å². The maximum Gasteiger partial charge on any atom is 0.326 e. The third-order valence-electron chi connectivity index (χ3n) is 2.91. The minimum absolute atomic E-state index is 0.267. The number of methoxy groups -OCH3 is 1. The van der Waals surface area contributed by atoms with E-state index in [0.717, 1.165) is 18.4 Å². The van der Waals surface area contributed by atoms with Crippen LogP contribution in [0.25, 0.3) is 0 Å². The Morgan fingerprint density at radius 1 is 1.43 bits per heavy atom. The van der Waals surface area contributed by atoms with E-state index >= 15 is 0 Å². The summed E-state index contributed by atoms with van der Waals surface area (Å²) in [4.78, 5) is 26.7. The van der Waals surface area contributed by atoms with Gasteiger partial charge in [-0.25, -0.2) is 14.6 Å². The SMILES string of the molecule is CCCCC(NC(=O)NCc1ccc(OC)nc1)C(=O)O. The monoisotopic (exact) mass is 295 g/mol. The van der Waals surface area contributed by atoms with Crippen LogP contribution >= 0.6 is 0 Å². The Morgan fingerprint density at radius 3 is 2.71 bits per heavy atom. The van der Waals surface area contributed by atoms with Crippen molar-refractivity contribution in [1.82, 2.24) is 15.6 Å². The second kappa shape index (κ2) is 8.78. The van der Waals surface area contributed by atoms with Gasteiger partial charge in [-0.05, 0) is 12.0 Å². The van der Waals surface area contributed by atoms with Gasteiger partial charge >= 0.3 is 12.0 Å². The summed E-state index contributed by atoms with van der Waals surface area (Å²) in [7, 11) is 1.52. The van der Waals surface area contributed by atoms with E-state index in [1.807, 2.05) is 6.92 Å². The summed E-state index contributed by atoms with van der Waals surface area (Å²) in [6.07, 6.45) is 3.64. The predicted octanol–water partition coefficient (Wildman–Crippen LogP) is 1.53. The van der Waals surface area contributed by atoms with Crippen molar-refractivity contribution in [3.05, 3.63) is 23.9 Å². The summed E-state index contributed by atoms with van der Waals surface area (Å²) in [5.74, 6) is -0.529. The van der Waals surface area contributed by atoms with Gasteiger partial charge in [0.25, 0.3) is 0 Å². The number of rotatable bonds is 8. The Morgan fingerprint density at radius 2 is 2.19 bits per heavy atom. The van der Waals surface area contributed by atoms with Gasteiger partial charge in [0.15, 0.2) is 0 Å². The lowest BCUT2D eigenvalue weighted by Crippen LogP contribution is -2.45. The zero-order valence-electron chi connectivity index (χ0n) is 12.3. The molecule has 0 fully saturated rings. The van der Waals surface area contributed by atoms with Crippen LogP contribution < -0.4 is 15.4 Å². The molecule has 21 heavy (non-hydrogen) atoms. The number of aromatic nitrogens is 1. The number of ether oxygens (including phenoxy) is 1. The molecular formula is C14H21N3O4. The molecule has 0 aliphatic carbocycles. The molecule has 1 atom stereocenters. The lowest BCUT2D eigenvalue weighted by Gasteiger charge is -2.14. The van der Waals surface area contributed by atoms with Gasteiger partial charge in [0, 0.05) is 18.8 Å². The number of amides is 2. The van der Waals surface area contributed by atoms with Gasteiger partial charge in [-0.3, -0.25) is 0 Å². The minimum atomic E-state index is -1.02. The molecule has 1 aromatic rings. The lowest BCUT2D eigenvalue weighted by atomic mass is 10.1. The summed E-state index contributed by atoms with van der Waals surface area (Å²) in [6, 6.07) is 2.10. The predicted molar refractivity (Wildman–Crippen MR) is 77.1 cm³/mol. The highest BCUT2D eigenvalue weighted by molar-refractivity contribution is 5.82. The van der Waals surface area contributed by atoms with E-state index in [1.165, 1.54) is 7.11 Å². The van der Waals surface area contributed by atoms with Crippen LogP contribution in [0, 0.1) is 0 Å². The number of aliphatic carboxylic acids is 1. The van der Waals surface area contributed by atoms with Crippen LogP contribution in [0.5, 0.6) is 5.88 Å². The molecule has 2 amide bonds. The molecule has 0 spiro atoms. The van der Waals surface area contributed by atoms with Crippen LogP contribution in [0.2, 0.25) is 0 Å². The van der Waals surface area contributed by atoms with E-state index in [1.54, 1.807) is 18.3 Å². The van der Waals surface area contributed by atoms with Gasteiger partial charge in [-0.2, -0.15) is 0 Å². The second-order valence-electron chi connectivity index (χ2n) is 4.57. The summed E-state index contributed by atoms with van der Waals surface area (Å²) in [5.41, 5.74) is 0.798. The molecule has 1 unspecified atom stereocenters. The number of carboxylic acids is 1. The molecule has 0 radical (unpaired) electrons. The van der Waals surface area contributed by atoms with Crippen LogP contribution in [0.15, 0.2) is 18.3 Å². The van der Waals surface area contributed by atoms with Crippen molar-refractivity contribution in [2.24, 2.45) is 0 Å². The van der Waals surface area contributed by atoms with Gasteiger partial charge in [-0.15, -0.1) is 0 Å². The standard InChI is InChI=1S/C14H21N3O4/c1-3-4-5-11(13(18)19)17-14(20)16-9-10-6-7-12(21-2)15-8-10/h6-8,11H,3-5,9H2,1-2H3,(H,18,19)(H2,16,17,20). The van der Waals surface area contributed by atoms with Crippen LogP contribution in [0.4, 0.5) is 4.79 Å². The molecule has 1 heterocycles. The first-order chi connectivity index (χ1) is 10.1. The smallest absolute Gasteiger partial charge is 0.326 e. The van der Waals surface area contributed by atoms with Crippen LogP contribution in [0.1, 0.15) is 31.7 Å². The maximum absolute atomic E-state index is 11.7. The number of urea groups is 1. The van der Waals surface area contributed by atoms with Crippen molar-refractivity contribution in [2.45, 2.75) is 38.8 Å². The van der Waals surface area contributed by atoms with Gasteiger partial charge in [0.1, 0.15) is 6.04 Å². The fourth-order valence-electron chi connectivity index (χ4n) is 1.69. The zero-order chi connectivity index (χ0) is 15.7. The van der Waals surface area contributed by atoms with Crippen molar-refractivity contribution < 1.29 is 19.4 Å². The molecule has 0 aromatic carbocycles. The quantitative estimate of drug-likeness (QED) is 0.675. The van der Waals surface area contributed by atoms with Gasteiger partial charge in [0.05, 0.1) is 7.11 Å². The summed E-state index contributed by atoms with van der Waals surface area (Å²) in [6.45, 7) is 2.23. The maximum atomic E-state index is 11.7. The van der Waals surface area contributed by atoms with Crippen molar-refractivity contribution in [3.8, 4) is 5.88 Å². The number of nitrogens with one attached hydrogen (secondary N) is 2. The van der Waals surface area contributed by atoms with Crippen molar-refractivity contribution in [1.29, 1.82) is 0 Å². The molecule has 116 valence electrons. The summed E-state index contributed by atoms with van der Waals surface area (Å²) >= 11 is 0. The highest BCUT2D eigenvalue weighted by Gasteiger charge is 2.18. The molecule has 1 rings (SSSR count). The molecule has 0 bridgehead atoms. The Kier molecular flexibility index (Phi) is 7.00. The molecule has 0 saturated carbocycles. The van der Waals surface area contributed by atoms with Crippen LogP contribution in [0.3, 0.4) is 0 Å². The number of carboxylic acid groups (broad SMARTS) is 1. The molecular weight excluding hydrogens is 274 g/mol. The molecule has 0 aliphatic rings. The van der Waals surface area contributed by atoms with Gasteiger partial charge in [-0.1, -0.05) is 25.8 Å². The number of hydrogen-bond donors (Lipinski definition) is 3. The third-order valence-corrected chi connectivity index (χ3v) is 2.91. The minimum Gasteiger partial charge on any atom is -0.481 e. The zero-order valence-corrected chi connectivity index (χ0v) is 12.3. The first-order valence-corrected chi connectivity index (χ1v) is 6.83. The van der Waals surface area contributed by atoms with E-state index in [4.69, 9.17) is 9.84 Å². The lowest BCUT2D eigenvalue weighted by molar-refractivity contribution is -0.139. The second-order valence-corrected chi connectivity index (χ2v) is 4.57. The van der Waals surface area contributed by atoms with Crippen molar-refractivity contribution in [3.63, 3.8) is 0 Å². The Hall–Kier alpha value is -2.31. The first-order valence-electron chi connectivity index (χ1n) is 6.83. The average molecular weight is 295 g/mol. The van der Waals surface area contributed by atoms with E-state index in [2.05, 4.69) is 15.6 Å². The average Bonchev–Trinajstić information content (AvgIpc) is 2.49. The van der Waals surface area contributed by atoms with Crippen molar-refractivity contribution >= 4 is 12.0 Å². The molecule has 7 nitrogen and oxygen atoms in total. The number of hydrogen-bond acceptors (Lipinski definition) is 4. The number of carbonyl (C=O) groups is 2. The number of pyridine rings is 1. The van der Waals surface area contributed by atoms with Gasteiger partial charge < -0.3 is 20.5 Å². The fraction of sp³-hybridized carbons (Fsp3) is 0.500. The fourth-order valence-corrected chi connectivity index (χ4v) is 1.69. The number of carbonyl (C=O) groups excluding carboxylic acids is 1. The van der Waals surface area contributed by atoms with E-state index in [9.17, 15) is 9.59 Å². The van der Waals surface area contributed by atoms with Gasteiger partial charge in [0.2, 0.25) is 5.88 Å². The summed E-state index contributed by atoms with van der Waals surface area (Å²) in [5, 5.41) is 14.1. The number of nitrogens with zero attached hydrogens (tertiary/aromatic N) is 1. The molecule has 1 aromatic heterocycles. The number of unbranched alkanes of at least 4 members (excludes halogenated alkanes) is 1. The van der Waals surface area contributed by atoms with Crippen LogP contribution in [-0.4, -0.2) is 35.2 Å².